The first-order valence-corrected chi connectivity index (χ1v) is 5.69. The second-order valence-corrected chi connectivity index (χ2v) is 4.44. The van der Waals surface area contributed by atoms with E-state index in [1.165, 1.54) is 0 Å². The van der Waals surface area contributed by atoms with Crippen LogP contribution in [-0.4, -0.2) is 25.4 Å². The number of aryl methyl sites for hydroxylation is 1. The SMILES string of the molecule is Cc1ccc(N(C)C(=O)C2CNC(=O)C2)cc1. The summed E-state index contributed by atoms with van der Waals surface area (Å²) in [6, 6.07) is 7.77. The Morgan fingerprint density at radius 1 is 1.35 bits per heavy atom. The number of hydrogen-bond acceptors (Lipinski definition) is 2. The largest absolute Gasteiger partial charge is 0.355 e. The van der Waals surface area contributed by atoms with Gasteiger partial charge in [0.25, 0.3) is 0 Å². The molecule has 1 saturated heterocycles. The Morgan fingerprint density at radius 3 is 2.53 bits per heavy atom. The van der Waals surface area contributed by atoms with Gasteiger partial charge < -0.3 is 10.2 Å². The standard InChI is InChI=1S/C13H16N2O2/c1-9-3-5-11(6-4-9)15(2)13(17)10-7-12(16)14-8-10/h3-6,10H,7-8H2,1-2H3,(H,14,16). The molecule has 1 aromatic carbocycles. The number of anilines is 1. The van der Waals surface area contributed by atoms with E-state index >= 15 is 0 Å². The van der Waals surface area contributed by atoms with Crippen LogP contribution in [0.4, 0.5) is 5.69 Å². The van der Waals surface area contributed by atoms with Gasteiger partial charge in [0.15, 0.2) is 0 Å². The first kappa shape index (κ1) is 11.6. The van der Waals surface area contributed by atoms with Crippen LogP contribution in [0.3, 0.4) is 0 Å². The molecule has 0 aliphatic carbocycles. The summed E-state index contributed by atoms with van der Waals surface area (Å²) < 4.78 is 0. The molecular weight excluding hydrogens is 216 g/mol. The van der Waals surface area contributed by atoms with Crippen molar-refractivity contribution in [3.05, 3.63) is 29.8 Å². The summed E-state index contributed by atoms with van der Waals surface area (Å²) >= 11 is 0. The molecular formula is C13H16N2O2. The van der Waals surface area contributed by atoms with Gasteiger partial charge in [-0.25, -0.2) is 0 Å². The van der Waals surface area contributed by atoms with Gasteiger partial charge in [-0.05, 0) is 19.1 Å². The molecule has 4 nitrogen and oxygen atoms in total. The highest BCUT2D eigenvalue weighted by molar-refractivity contribution is 5.98. The molecule has 4 heteroatoms. The van der Waals surface area contributed by atoms with Crippen molar-refractivity contribution in [3.63, 3.8) is 0 Å². The molecule has 1 aliphatic rings. The summed E-state index contributed by atoms with van der Waals surface area (Å²) in [6.07, 6.45) is 0.301. The zero-order valence-electron chi connectivity index (χ0n) is 10.1. The van der Waals surface area contributed by atoms with E-state index in [1.807, 2.05) is 31.2 Å². The van der Waals surface area contributed by atoms with Crippen molar-refractivity contribution in [2.75, 3.05) is 18.5 Å². The van der Waals surface area contributed by atoms with Gasteiger partial charge in [-0.3, -0.25) is 9.59 Å². The highest BCUT2D eigenvalue weighted by Gasteiger charge is 2.30. The van der Waals surface area contributed by atoms with Crippen LogP contribution >= 0.6 is 0 Å². The lowest BCUT2D eigenvalue weighted by Gasteiger charge is -2.20. The number of hydrogen-bond donors (Lipinski definition) is 1. The Morgan fingerprint density at radius 2 is 2.00 bits per heavy atom. The lowest BCUT2D eigenvalue weighted by Crippen LogP contribution is -2.33. The Bertz CT molecular complexity index is 439. The van der Waals surface area contributed by atoms with Crippen LogP contribution in [0.5, 0.6) is 0 Å². The molecule has 1 N–H and O–H groups in total. The molecule has 17 heavy (non-hydrogen) atoms. The molecule has 1 aromatic rings. The molecule has 0 aromatic heterocycles. The van der Waals surface area contributed by atoms with Crippen LogP contribution in [0, 0.1) is 12.8 Å². The topological polar surface area (TPSA) is 49.4 Å². The molecule has 2 rings (SSSR count). The Labute approximate surface area is 101 Å². The normalized spacial score (nSPS) is 18.9. The van der Waals surface area contributed by atoms with Crippen molar-refractivity contribution in [3.8, 4) is 0 Å². The van der Waals surface area contributed by atoms with Crippen molar-refractivity contribution < 1.29 is 9.59 Å². The minimum absolute atomic E-state index is 0.00722. The third-order valence-corrected chi connectivity index (χ3v) is 3.08. The summed E-state index contributed by atoms with van der Waals surface area (Å²) in [6.45, 7) is 2.46. The Hall–Kier alpha value is -1.84. The van der Waals surface area contributed by atoms with E-state index in [-0.39, 0.29) is 17.7 Å². The van der Waals surface area contributed by atoms with E-state index in [0.717, 1.165) is 11.3 Å². The van der Waals surface area contributed by atoms with Crippen molar-refractivity contribution in [2.45, 2.75) is 13.3 Å². The molecule has 0 bridgehead atoms. The second kappa shape index (κ2) is 4.57. The van der Waals surface area contributed by atoms with Gasteiger partial charge in [-0.2, -0.15) is 0 Å². The summed E-state index contributed by atoms with van der Waals surface area (Å²) in [7, 11) is 1.75. The summed E-state index contributed by atoms with van der Waals surface area (Å²) in [4.78, 5) is 24.8. The van der Waals surface area contributed by atoms with Crippen LogP contribution in [0.2, 0.25) is 0 Å². The van der Waals surface area contributed by atoms with Gasteiger partial charge in [-0.1, -0.05) is 17.7 Å². The third kappa shape index (κ3) is 2.46. The molecule has 0 saturated carbocycles. The first-order chi connectivity index (χ1) is 8.08. The van der Waals surface area contributed by atoms with Crippen molar-refractivity contribution in [2.24, 2.45) is 5.92 Å². The highest BCUT2D eigenvalue weighted by Crippen LogP contribution is 2.18. The lowest BCUT2D eigenvalue weighted by atomic mass is 10.1. The van der Waals surface area contributed by atoms with Crippen LogP contribution < -0.4 is 10.2 Å². The van der Waals surface area contributed by atoms with Crippen LogP contribution in [0.25, 0.3) is 0 Å². The molecule has 1 heterocycles. The monoisotopic (exact) mass is 232 g/mol. The predicted octanol–water partition coefficient (Wildman–Crippen LogP) is 1.09. The second-order valence-electron chi connectivity index (χ2n) is 4.44. The zero-order valence-corrected chi connectivity index (χ0v) is 10.1. The average molecular weight is 232 g/mol. The van der Waals surface area contributed by atoms with Crippen molar-refractivity contribution in [1.29, 1.82) is 0 Å². The fraction of sp³-hybridized carbons (Fsp3) is 0.385. The fourth-order valence-electron chi connectivity index (χ4n) is 1.95. The molecule has 1 unspecified atom stereocenters. The van der Waals surface area contributed by atoms with E-state index in [1.54, 1.807) is 11.9 Å². The van der Waals surface area contributed by atoms with Crippen molar-refractivity contribution >= 4 is 17.5 Å². The fourth-order valence-corrected chi connectivity index (χ4v) is 1.95. The number of carbonyl (C=O) groups is 2. The quantitative estimate of drug-likeness (QED) is 0.830. The maximum Gasteiger partial charge on any atom is 0.232 e. The molecule has 1 aliphatic heterocycles. The number of amides is 2. The van der Waals surface area contributed by atoms with Gasteiger partial charge >= 0.3 is 0 Å². The average Bonchev–Trinajstić information content (AvgIpc) is 2.75. The van der Waals surface area contributed by atoms with E-state index in [2.05, 4.69) is 5.32 Å². The molecule has 90 valence electrons. The van der Waals surface area contributed by atoms with Gasteiger partial charge in [0, 0.05) is 25.7 Å². The molecule has 0 radical (unpaired) electrons. The first-order valence-electron chi connectivity index (χ1n) is 5.69. The molecule has 2 amide bonds. The lowest BCUT2D eigenvalue weighted by molar-refractivity contribution is -0.124. The van der Waals surface area contributed by atoms with E-state index < -0.39 is 0 Å². The van der Waals surface area contributed by atoms with Crippen LogP contribution in [0.1, 0.15) is 12.0 Å². The Balaban J connectivity index is 2.09. The van der Waals surface area contributed by atoms with Crippen LogP contribution in [0.15, 0.2) is 24.3 Å². The zero-order chi connectivity index (χ0) is 12.4. The van der Waals surface area contributed by atoms with E-state index in [4.69, 9.17) is 0 Å². The minimum Gasteiger partial charge on any atom is -0.355 e. The summed E-state index contributed by atoms with van der Waals surface area (Å²) in [5, 5.41) is 2.68. The maximum absolute atomic E-state index is 12.1. The minimum atomic E-state index is -0.228. The van der Waals surface area contributed by atoms with E-state index in [0.29, 0.717) is 13.0 Å². The van der Waals surface area contributed by atoms with Gasteiger partial charge in [0.05, 0.1) is 5.92 Å². The highest BCUT2D eigenvalue weighted by atomic mass is 16.2. The van der Waals surface area contributed by atoms with Gasteiger partial charge in [0.1, 0.15) is 0 Å². The number of nitrogens with zero attached hydrogens (tertiary/aromatic N) is 1. The number of benzene rings is 1. The summed E-state index contributed by atoms with van der Waals surface area (Å²) in [5.74, 6) is -0.276. The van der Waals surface area contributed by atoms with E-state index in [9.17, 15) is 9.59 Å². The number of nitrogens with one attached hydrogen (secondary N) is 1. The summed E-state index contributed by atoms with van der Waals surface area (Å²) in [5.41, 5.74) is 2.02. The number of carbonyl (C=O) groups excluding carboxylic acids is 2. The third-order valence-electron chi connectivity index (χ3n) is 3.08. The molecule has 0 spiro atoms. The van der Waals surface area contributed by atoms with Crippen LogP contribution in [-0.2, 0) is 9.59 Å². The molecule has 1 atom stereocenters. The van der Waals surface area contributed by atoms with Crippen molar-refractivity contribution in [1.82, 2.24) is 5.32 Å². The predicted molar refractivity (Wildman–Crippen MR) is 65.7 cm³/mol. The van der Waals surface area contributed by atoms with Gasteiger partial charge in [-0.15, -0.1) is 0 Å². The smallest absolute Gasteiger partial charge is 0.232 e. The maximum atomic E-state index is 12.1. The molecule has 1 fully saturated rings. The van der Waals surface area contributed by atoms with Gasteiger partial charge in [0.2, 0.25) is 11.8 Å². The number of rotatable bonds is 2. The Kier molecular flexibility index (Phi) is 3.13.